The number of thiazole rings is 1. The lowest BCUT2D eigenvalue weighted by atomic mass is 10.1. The number of fused-ring (bicyclic) bond motifs is 1. The Balaban J connectivity index is 1.26. The van der Waals surface area contributed by atoms with Crippen LogP contribution in [0.4, 0.5) is 18.9 Å². The molecule has 0 unspecified atom stereocenters. The lowest BCUT2D eigenvalue weighted by molar-refractivity contribution is -0.139. The van der Waals surface area contributed by atoms with E-state index in [-0.39, 0.29) is 46.2 Å². The molecule has 0 atom stereocenters. The third-order valence-corrected chi connectivity index (χ3v) is 9.99. The van der Waals surface area contributed by atoms with Crippen molar-refractivity contribution in [1.82, 2.24) is 4.98 Å². The number of aromatic nitrogens is 1. The number of hydrogen-bond acceptors (Lipinski definition) is 8. The van der Waals surface area contributed by atoms with Gasteiger partial charge in [0.2, 0.25) is 0 Å². The second-order valence-corrected chi connectivity index (χ2v) is 14.1. The number of benzene rings is 4. The highest BCUT2D eigenvalue weighted by Crippen LogP contribution is 2.33. The molecule has 0 radical (unpaired) electrons. The zero-order valence-corrected chi connectivity index (χ0v) is 27.2. The van der Waals surface area contributed by atoms with Gasteiger partial charge < -0.3 is 19.9 Å². The number of nitrogens with one attached hydrogen (secondary N) is 1. The number of nitrogens with zero attached hydrogens (tertiary/aromatic N) is 1. The van der Waals surface area contributed by atoms with Crippen LogP contribution in [0.15, 0.2) is 89.8 Å². The van der Waals surface area contributed by atoms with Crippen LogP contribution in [-0.2, 0) is 33.8 Å². The van der Waals surface area contributed by atoms with Gasteiger partial charge in [-0.3, -0.25) is 4.79 Å². The fourth-order valence-electron chi connectivity index (χ4n) is 4.60. The number of halogens is 4. The van der Waals surface area contributed by atoms with Crippen LogP contribution in [0.5, 0.6) is 11.5 Å². The van der Waals surface area contributed by atoms with Crippen molar-refractivity contribution in [3.8, 4) is 11.5 Å². The van der Waals surface area contributed by atoms with E-state index in [1.165, 1.54) is 59.9 Å². The largest absolute Gasteiger partial charge is 0.486 e. The summed E-state index contributed by atoms with van der Waals surface area (Å²) in [5.41, 5.74) is 0.451. The predicted octanol–water partition coefficient (Wildman–Crippen LogP) is 7.67. The number of amides is 1. The van der Waals surface area contributed by atoms with Crippen LogP contribution in [0.1, 0.15) is 32.9 Å². The SMILES string of the molecule is O=C(O)COc1ccc(CCCS(=O)(=O)c2ccc(Cl)cc2)cc1NC(=O)c1cccc(OCc2nc3cc(C(F)(F)F)ccc3s2)c1. The molecule has 250 valence electrons. The van der Waals surface area contributed by atoms with Crippen LogP contribution >= 0.6 is 22.9 Å². The minimum absolute atomic E-state index is 0.0469. The highest BCUT2D eigenvalue weighted by Gasteiger charge is 2.30. The number of hydrogen-bond donors (Lipinski definition) is 2. The Morgan fingerprint density at radius 2 is 1.73 bits per heavy atom. The van der Waals surface area contributed by atoms with Crippen molar-refractivity contribution < 1.29 is 45.8 Å². The summed E-state index contributed by atoms with van der Waals surface area (Å²) in [5.74, 6) is -1.52. The quantitative estimate of drug-likeness (QED) is 0.127. The van der Waals surface area contributed by atoms with Gasteiger partial charge in [-0.05, 0) is 91.2 Å². The molecule has 0 spiro atoms. The van der Waals surface area contributed by atoms with E-state index >= 15 is 0 Å². The monoisotopic (exact) mass is 718 g/mol. The van der Waals surface area contributed by atoms with Gasteiger partial charge in [-0.15, -0.1) is 11.3 Å². The second kappa shape index (κ2) is 14.6. The molecule has 4 aromatic carbocycles. The zero-order valence-electron chi connectivity index (χ0n) is 24.8. The maximum absolute atomic E-state index is 13.3. The summed E-state index contributed by atoms with van der Waals surface area (Å²) in [4.78, 5) is 28.8. The third-order valence-electron chi connectivity index (χ3n) is 6.91. The summed E-state index contributed by atoms with van der Waals surface area (Å²) < 4.78 is 76.3. The first-order valence-corrected chi connectivity index (χ1v) is 17.1. The minimum atomic E-state index is -4.48. The summed E-state index contributed by atoms with van der Waals surface area (Å²) in [6, 6.07) is 20.1. The number of ether oxygens (including phenoxy) is 2. The van der Waals surface area contributed by atoms with Gasteiger partial charge >= 0.3 is 12.1 Å². The number of carboxylic acid groups (broad SMARTS) is 1. The maximum Gasteiger partial charge on any atom is 0.416 e. The fourth-order valence-corrected chi connectivity index (χ4v) is 6.90. The van der Waals surface area contributed by atoms with E-state index in [0.29, 0.717) is 32.5 Å². The topological polar surface area (TPSA) is 132 Å². The normalized spacial score (nSPS) is 11.8. The lowest BCUT2D eigenvalue weighted by Gasteiger charge is -2.14. The van der Waals surface area contributed by atoms with E-state index < -0.39 is 40.1 Å². The van der Waals surface area contributed by atoms with Crippen LogP contribution in [-0.4, -0.2) is 42.7 Å². The van der Waals surface area contributed by atoms with Crippen molar-refractivity contribution in [1.29, 1.82) is 0 Å². The van der Waals surface area contributed by atoms with Gasteiger partial charge in [0.1, 0.15) is 23.1 Å². The number of carboxylic acids is 1. The average molecular weight is 719 g/mol. The van der Waals surface area contributed by atoms with E-state index in [9.17, 15) is 31.2 Å². The fraction of sp³-hybridized carbons (Fsp3) is 0.182. The van der Waals surface area contributed by atoms with Crippen LogP contribution in [0.3, 0.4) is 0 Å². The molecule has 0 aliphatic rings. The van der Waals surface area contributed by atoms with Crippen molar-refractivity contribution in [2.45, 2.75) is 30.5 Å². The number of carbonyl (C=O) groups excluding carboxylic acids is 1. The average Bonchev–Trinajstić information content (AvgIpc) is 3.46. The van der Waals surface area contributed by atoms with Crippen molar-refractivity contribution >= 4 is 60.6 Å². The lowest BCUT2D eigenvalue weighted by Crippen LogP contribution is -2.15. The van der Waals surface area contributed by atoms with Gasteiger partial charge in [-0.2, -0.15) is 13.2 Å². The Morgan fingerprint density at radius 1 is 0.958 bits per heavy atom. The Morgan fingerprint density at radius 3 is 2.46 bits per heavy atom. The molecule has 5 rings (SSSR count). The van der Waals surface area contributed by atoms with E-state index in [0.717, 1.165) is 12.1 Å². The van der Waals surface area contributed by atoms with Gasteiger partial charge in [0.05, 0.1) is 32.1 Å². The summed E-state index contributed by atoms with van der Waals surface area (Å²) in [7, 11) is -3.55. The molecule has 0 bridgehead atoms. The van der Waals surface area contributed by atoms with Crippen LogP contribution in [0.2, 0.25) is 5.02 Å². The summed E-state index contributed by atoms with van der Waals surface area (Å²) in [5, 5.41) is 12.7. The number of aliphatic carboxylic acids is 1. The van der Waals surface area contributed by atoms with E-state index in [1.807, 2.05) is 0 Å². The molecule has 1 amide bonds. The molecule has 0 aliphatic heterocycles. The molecule has 1 heterocycles. The predicted molar refractivity (Wildman–Crippen MR) is 175 cm³/mol. The van der Waals surface area contributed by atoms with Crippen LogP contribution in [0.25, 0.3) is 10.2 Å². The number of alkyl halides is 3. The molecular weight excluding hydrogens is 693 g/mol. The van der Waals surface area contributed by atoms with Crippen LogP contribution < -0.4 is 14.8 Å². The molecule has 9 nitrogen and oxygen atoms in total. The number of carbonyl (C=O) groups is 2. The second-order valence-electron chi connectivity index (χ2n) is 10.4. The van der Waals surface area contributed by atoms with Crippen molar-refractivity contribution in [2.75, 3.05) is 17.7 Å². The molecule has 5 aromatic rings. The van der Waals surface area contributed by atoms with Gasteiger partial charge in [0, 0.05) is 10.6 Å². The van der Waals surface area contributed by atoms with E-state index in [2.05, 4.69) is 10.3 Å². The maximum atomic E-state index is 13.3. The van der Waals surface area contributed by atoms with Crippen molar-refractivity contribution in [3.05, 3.63) is 112 Å². The molecule has 15 heteroatoms. The van der Waals surface area contributed by atoms with E-state index in [1.54, 1.807) is 24.3 Å². The number of aryl methyl sites for hydroxylation is 1. The van der Waals surface area contributed by atoms with Gasteiger partial charge in [-0.1, -0.05) is 23.7 Å². The van der Waals surface area contributed by atoms with Gasteiger partial charge in [0.25, 0.3) is 5.91 Å². The molecule has 48 heavy (non-hydrogen) atoms. The molecule has 1 aromatic heterocycles. The van der Waals surface area contributed by atoms with Crippen LogP contribution in [0, 0.1) is 0 Å². The minimum Gasteiger partial charge on any atom is -0.486 e. The summed E-state index contributed by atoms with van der Waals surface area (Å²) >= 11 is 7.05. The number of anilines is 1. The molecule has 2 N–H and O–H groups in total. The number of sulfone groups is 1. The highest BCUT2D eigenvalue weighted by atomic mass is 35.5. The number of rotatable bonds is 13. The van der Waals surface area contributed by atoms with Crippen molar-refractivity contribution in [2.24, 2.45) is 0 Å². The molecule has 0 saturated heterocycles. The standard InChI is InChI=1S/C33H26ClF3N2O7S2/c34-23-8-10-25(11-9-23)48(43,44)14-2-3-20-6-12-28(46-19-31(40)41)26(15-20)39-32(42)21-4-1-5-24(16-21)45-18-30-38-27-17-22(33(35,36)37)7-13-29(27)47-30/h1,4-13,15-17H,2-3,14,18-19H2,(H,39,42)(H,40,41). The first-order valence-electron chi connectivity index (χ1n) is 14.2. The first kappa shape index (κ1) is 34.7. The third kappa shape index (κ3) is 9.02. The Hall–Kier alpha value is -4.66. The Kier molecular flexibility index (Phi) is 10.6. The molecular formula is C33H26ClF3N2O7S2. The molecule has 0 aliphatic carbocycles. The molecule has 0 fully saturated rings. The van der Waals surface area contributed by atoms with Gasteiger partial charge in [-0.25, -0.2) is 18.2 Å². The highest BCUT2D eigenvalue weighted by molar-refractivity contribution is 7.91. The summed E-state index contributed by atoms with van der Waals surface area (Å²) in [6.07, 6.45) is -3.88. The summed E-state index contributed by atoms with van der Waals surface area (Å²) in [6.45, 7) is -0.705. The Bertz CT molecular complexity index is 2070. The van der Waals surface area contributed by atoms with E-state index in [4.69, 9.17) is 26.2 Å². The smallest absolute Gasteiger partial charge is 0.416 e. The zero-order chi connectivity index (χ0) is 34.5. The Labute approximate surface area is 281 Å². The molecule has 0 saturated carbocycles. The van der Waals surface area contributed by atoms with Gasteiger partial charge in [0.15, 0.2) is 16.4 Å². The first-order chi connectivity index (χ1) is 22.8. The van der Waals surface area contributed by atoms with Crippen molar-refractivity contribution in [3.63, 3.8) is 0 Å².